The van der Waals surface area contributed by atoms with Crippen LogP contribution in [-0.2, 0) is 9.84 Å². The van der Waals surface area contributed by atoms with Crippen molar-refractivity contribution in [2.24, 2.45) is 0 Å². The van der Waals surface area contributed by atoms with Crippen molar-refractivity contribution >= 4 is 44.0 Å². The highest BCUT2D eigenvalue weighted by Gasteiger charge is 2.24. The molecule has 0 aliphatic carbocycles. The van der Waals surface area contributed by atoms with E-state index in [1.807, 2.05) is 26.8 Å². The molecule has 0 saturated carbocycles. The van der Waals surface area contributed by atoms with E-state index < -0.39 is 15.1 Å². The average Bonchev–Trinajstić information content (AvgIpc) is 3.39. The molecule has 0 amide bonds. The molecule has 218 valence electrons. The van der Waals surface area contributed by atoms with Crippen LogP contribution in [0.1, 0.15) is 69.7 Å². The lowest BCUT2D eigenvalue weighted by atomic mass is 9.93. The zero-order chi connectivity index (χ0) is 29.3. The van der Waals surface area contributed by atoms with Crippen LogP contribution in [0.5, 0.6) is 5.75 Å². The van der Waals surface area contributed by atoms with Crippen LogP contribution in [0, 0.1) is 13.8 Å². The monoisotopic (exact) mass is 577 g/mol. The summed E-state index contributed by atoms with van der Waals surface area (Å²) in [7, 11) is -3.55. The summed E-state index contributed by atoms with van der Waals surface area (Å²) in [5.41, 5.74) is 5.01. The Bertz CT molecular complexity index is 1660. The molecule has 2 aromatic heterocycles. The van der Waals surface area contributed by atoms with Gasteiger partial charge in [-0.3, -0.25) is 5.10 Å². The first-order valence-corrected chi connectivity index (χ1v) is 15.7. The second kappa shape index (κ2) is 11.7. The molecule has 1 unspecified atom stereocenters. The third-order valence-electron chi connectivity index (χ3n) is 7.29. The minimum absolute atomic E-state index is 0.0266. The van der Waals surface area contributed by atoms with Gasteiger partial charge in [0.2, 0.25) is 5.95 Å². The molecule has 0 bridgehead atoms. The zero-order valence-corrected chi connectivity index (χ0v) is 25.3. The van der Waals surface area contributed by atoms with Gasteiger partial charge in [0.05, 0.1) is 39.2 Å². The van der Waals surface area contributed by atoms with Crippen molar-refractivity contribution in [1.29, 1.82) is 0 Å². The van der Waals surface area contributed by atoms with Gasteiger partial charge < -0.3 is 20.7 Å². The number of aromatic amines is 1. The molecular weight excluding hydrogens is 538 g/mol. The number of hydrogen-bond donors (Lipinski definition) is 4. The number of aryl methyl sites for hydroxylation is 2. The Kier molecular flexibility index (Phi) is 8.19. The van der Waals surface area contributed by atoms with Crippen molar-refractivity contribution in [2.75, 3.05) is 17.2 Å². The van der Waals surface area contributed by atoms with Crippen LogP contribution in [0.3, 0.4) is 0 Å². The molecule has 41 heavy (non-hydrogen) atoms. The molecule has 4 aromatic rings. The van der Waals surface area contributed by atoms with Gasteiger partial charge in [0.15, 0.2) is 15.5 Å². The average molecular weight is 578 g/mol. The number of H-pyrrole nitrogens is 1. The first-order chi connectivity index (χ1) is 19.5. The Labute approximate surface area is 241 Å². The Morgan fingerprint density at radius 3 is 2.51 bits per heavy atom. The van der Waals surface area contributed by atoms with Gasteiger partial charge in [-0.1, -0.05) is 12.5 Å². The molecule has 1 fully saturated rings. The third-order valence-corrected chi connectivity index (χ3v) is 9.50. The van der Waals surface area contributed by atoms with E-state index in [4.69, 9.17) is 9.72 Å². The first kappa shape index (κ1) is 28.8. The zero-order valence-electron chi connectivity index (χ0n) is 24.5. The Balaban J connectivity index is 1.55. The lowest BCUT2D eigenvalue weighted by molar-refractivity contribution is 0.243. The Morgan fingerprint density at radius 2 is 1.80 bits per heavy atom. The molecule has 2 aromatic carbocycles. The highest BCUT2D eigenvalue weighted by molar-refractivity contribution is 7.92. The standard InChI is InChI=1S/C30H39N7O3S/c1-17(2)40-26-15-21(23-9-7-8-12-31-23)20(6)14-24(26)34-30-35-28(22-16-32-37-29(22)36-30)33-25-13-19(5)10-11-27(25)41(38,39)18(3)4/h10-11,13-18,23,31H,7-9,12H2,1-6H3,(H3,32,33,34,35,36,37). The van der Waals surface area contributed by atoms with E-state index >= 15 is 0 Å². The molecular formula is C30H39N7O3S. The van der Waals surface area contributed by atoms with E-state index in [1.165, 1.54) is 18.4 Å². The number of benzene rings is 2. The summed E-state index contributed by atoms with van der Waals surface area (Å²) in [6.45, 7) is 12.4. The molecule has 1 atom stereocenters. The Morgan fingerprint density at radius 1 is 1.00 bits per heavy atom. The number of nitrogens with zero attached hydrogens (tertiary/aromatic N) is 3. The van der Waals surface area contributed by atoms with E-state index in [9.17, 15) is 8.42 Å². The summed E-state index contributed by atoms with van der Waals surface area (Å²) in [5.74, 6) is 1.48. The topological polar surface area (TPSA) is 134 Å². The van der Waals surface area contributed by atoms with Crippen molar-refractivity contribution in [3.8, 4) is 5.75 Å². The number of nitrogens with one attached hydrogen (secondary N) is 4. The van der Waals surface area contributed by atoms with Gasteiger partial charge in [-0.2, -0.15) is 15.1 Å². The summed E-state index contributed by atoms with van der Waals surface area (Å²) < 4.78 is 32.5. The van der Waals surface area contributed by atoms with Crippen LogP contribution >= 0.6 is 0 Å². The van der Waals surface area contributed by atoms with Crippen LogP contribution in [0.2, 0.25) is 0 Å². The summed E-state index contributed by atoms with van der Waals surface area (Å²) in [6, 6.07) is 9.74. The largest absolute Gasteiger partial charge is 0.489 e. The van der Waals surface area contributed by atoms with Crippen molar-refractivity contribution in [1.82, 2.24) is 25.5 Å². The highest BCUT2D eigenvalue weighted by atomic mass is 32.2. The number of piperidine rings is 1. The van der Waals surface area contributed by atoms with Crippen LogP contribution < -0.4 is 20.7 Å². The highest BCUT2D eigenvalue weighted by Crippen LogP contribution is 2.37. The molecule has 0 radical (unpaired) electrons. The summed E-state index contributed by atoms with van der Waals surface area (Å²) in [4.78, 5) is 9.63. The molecule has 4 N–H and O–H groups in total. The van der Waals surface area contributed by atoms with Gasteiger partial charge >= 0.3 is 0 Å². The molecule has 1 aliphatic rings. The van der Waals surface area contributed by atoms with Crippen LogP contribution in [0.4, 0.5) is 23.1 Å². The maximum absolute atomic E-state index is 13.2. The predicted molar refractivity (Wildman–Crippen MR) is 163 cm³/mol. The molecule has 1 saturated heterocycles. The number of ether oxygens (including phenoxy) is 1. The van der Waals surface area contributed by atoms with E-state index in [1.54, 1.807) is 32.2 Å². The number of sulfone groups is 1. The minimum atomic E-state index is -3.55. The van der Waals surface area contributed by atoms with E-state index in [0.29, 0.717) is 34.5 Å². The number of fused-ring (bicyclic) bond motifs is 1. The summed E-state index contributed by atoms with van der Waals surface area (Å²) in [5, 5.41) is 17.4. The quantitative estimate of drug-likeness (QED) is 0.182. The number of anilines is 4. The van der Waals surface area contributed by atoms with Gasteiger partial charge in [0, 0.05) is 6.04 Å². The predicted octanol–water partition coefficient (Wildman–Crippen LogP) is 6.24. The summed E-state index contributed by atoms with van der Waals surface area (Å²) >= 11 is 0. The fourth-order valence-electron chi connectivity index (χ4n) is 5.12. The molecule has 11 heteroatoms. The van der Waals surface area contributed by atoms with Gasteiger partial charge in [0.1, 0.15) is 11.6 Å². The molecule has 0 spiro atoms. The molecule has 1 aliphatic heterocycles. The molecule has 10 nitrogen and oxygen atoms in total. The number of aromatic nitrogens is 4. The second-order valence-electron chi connectivity index (χ2n) is 11.2. The molecule has 5 rings (SSSR count). The lowest BCUT2D eigenvalue weighted by Gasteiger charge is -2.27. The van der Waals surface area contributed by atoms with Gasteiger partial charge in [-0.25, -0.2) is 8.42 Å². The Hall–Kier alpha value is -3.70. The lowest BCUT2D eigenvalue weighted by Crippen LogP contribution is -2.27. The van der Waals surface area contributed by atoms with Crippen molar-refractivity contribution in [3.05, 3.63) is 53.2 Å². The van der Waals surface area contributed by atoms with E-state index in [2.05, 4.69) is 50.2 Å². The van der Waals surface area contributed by atoms with Crippen LogP contribution in [-0.4, -0.2) is 46.5 Å². The molecule has 3 heterocycles. The van der Waals surface area contributed by atoms with E-state index in [-0.39, 0.29) is 11.0 Å². The van der Waals surface area contributed by atoms with E-state index in [0.717, 1.165) is 35.5 Å². The smallest absolute Gasteiger partial charge is 0.231 e. The van der Waals surface area contributed by atoms with Crippen LogP contribution in [0.15, 0.2) is 41.4 Å². The number of hydrogen-bond acceptors (Lipinski definition) is 9. The number of rotatable bonds is 9. The second-order valence-corrected chi connectivity index (χ2v) is 13.7. The van der Waals surface area contributed by atoms with Crippen molar-refractivity contribution < 1.29 is 13.2 Å². The van der Waals surface area contributed by atoms with Gasteiger partial charge in [0.25, 0.3) is 0 Å². The van der Waals surface area contributed by atoms with Crippen molar-refractivity contribution in [3.63, 3.8) is 0 Å². The normalized spacial score (nSPS) is 16.0. The first-order valence-electron chi connectivity index (χ1n) is 14.2. The maximum Gasteiger partial charge on any atom is 0.231 e. The van der Waals surface area contributed by atoms with Gasteiger partial charge in [-0.15, -0.1) is 0 Å². The SMILES string of the molecule is Cc1ccc(S(=O)(=O)C(C)C)c(Nc2nc(Nc3cc(C)c(C4CCCCN4)cc3OC(C)C)nc3[nH]ncc23)c1. The van der Waals surface area contributed by atoms with Gasteiger partial charge in [-0.05, 0) is 102 Å². The maximum atomic E-state index is 13.2. The fourth-order valence-corrected chi connectivity index (χ4v) is 6.31. The minimum Gasteiger partial charge on any atom is -0.489 e. The summed E-state index contributed by atoms with van der Waals surface area (Å²) in [6.07, 6.45) is 5.09. The third kappa shape index (κ3) is 6.15. The van der Waals surface area contributed by atoms with Crippen LogP contribution in [0.25, 0.3) is 11.0 Å². The fraction of sp³-hybridized carbons (Fsp3) is 0.433. The van der Waals surface area contributed by atoms with Crippen molar-refractivity contribution in [2.45, 2.75) is 83.1 Å².